The van der Waals surface area contributed by atoms with Gasteiger partial charge in [-0.15, -0.1) is 0 Å². The summed E-state index contributed by atoms with van der Waals surface area (Å²) in [6.45, 7) is 1.42. The highest BCUT2D eigenvalue weighted by Crippen LogP contribution is 2.28. The zero-order valence-electron chi connectivity index (χ0n) is 12.9. The van der Waals surface area contributed by atoms with Crippen LogP contribution in [-0.2, 0) is 16.0 Å². The van der Waals surface area contributed by atoms with Crippen LogP contribution in [0.25, 0.3) is 0 Å². The smallest absolute Gasteiger partial charge is 0.228 e. The summed E-state index contributed by atoms with van der Waals surface area (Å²) in [6, 6.07) is 12.1. The molecule has 0 bridgehead atoms. The minimum Gasteiger partial charge on any atom is -0.495 e. The van der Waals surface area contributed by atoms with Crippen LogP contribution in [0.2, 0.25) is 5.02 Å². The normalized spacial score (nSPS) is 10.0. The van der Waals surface area contributed by atoms with Crippen molar-refractivity contribution in [3.63, 3.8) is 0 Å². The lowest BCUT2D eigenvalue weighted by Gasteiger charge is -2.12. The van der Waals surface area contributed by atoms with Gasteiger partial charge >= 0.3 is 0 Å². The molecule has 0 aromatic heterocycles. The van der Waals surface area contributed by atoms with E-state index < -0.39 is 0 Å². The molecular formula is C17H17ClN2O3. The van der Waals surface area contributed by atoms with Crippen molar-refractivity contribution >= 4 is 34.8 Å². The average molecular weight is 333 g/mol. The highest BCUT2D eigenvalue weighted by molar-refractivity contribution is 6.30. The Hall–Kier alpha value is -2.53. The second-order valence-corrected chi connectivity index (χ2v) is 5.38. The average Bonchev–Trinajstić information content (AvgIpc) is 2.49. The molecule has 0 radical (unpaired) electrons. The molecule has 2 aromatic carbocycles. The molecule has 0 unspecified atom stereocenters. The van der Waals surface area contributed by atoms with Crippen LogP contribution in [0.1, 0.15) is 12.5 Å². The topological polar surface area (TPSA) is 67.4 Å². The third kappa shape index (κ3) is 5.00. The van der Waals surface area contributed by atoms with Crippen LogP contribution in [0.15, 0.2) is 42.5 Å². The van der Waals surface area contributed by atoms with Crippen LogP contribution in [0.3, 0.4) is 0 Å². The van der Waals surface area contributed by atoms with Gasteiger partial charge < -0.3 is 15.4 Å². The van der Waals surface area contributed by atoms with Crippen molar-refractivity contribution in [1.82, 2.24) is 0 Å². The van der Waals surface area contributed by atoms with E-state index in [0.29, 0.717) is 22.1 Å². The number of hydrogen-bond donors (Lipinski definition) is 2. The van der Waals surface area contributed by atoms with E-state index in [9.17, 15) is 9.59 Å². The van der Waals surface area contributed by atoms with Gasteiger partial charge in [0.25, 0.3) is 0 Å². The summed E-state index contributed by atoms with van der Waals surface area (Å²) < 4.78 is 5.23. The van der Waals surface area contributed by atoms with Gasteiger partial charge in [0.1, 0.15) is 5.75 Å². The van der Waals surface area contributed by atoms with E-state index in [2.05, 4.69) is 10.6 Å². The summed E-state index contributed by atoms with van der Waals surface area (Å²) >= 11 is 5.82. The summed E-state index contributed by atoms with van der Waals surface area (Å²) in [6.07, 6.45) is 0.213. The van der Waals surface area contributed by atoms with Gasteiger partial charge in [0, 0.05) is 17.6 Å². The zero-order valence-corrected chi connectivity index (χ0v) is 13.6. The summed E-state index contributed by atoms with van der Waals surface area (Å²) in [5.74, 6) is 0.141. The number of halogens is 1. The fraction of sp³-hybridized carbons (Fsp3) is 0.176. The maximum Gasteiger partial charge on any atom is 0.228 e. The van der Waals surface area contributed by atoms with Crippen LogP contribution in [0, 0.1) is 0 Å². The summed E-state index contributed by atoms with van der Waals surface area (Å²) in [7, 11) is 1.52. The van der Waals surface area contributed by atoms with Crippen molar-refractivity contribution in [1.29, 1.82) is 0 Å². The number of ether oxygens (including phenoxy) is 1. The molecule has 0 fully saturated rings. The Bertz CT molecular complexity index is 714. The quantitative estimate of drug-likeness (QED) is 0.880. The van der Waals surface area contributed by atoms with Crippen LogP contribution in [0.4, 0.5) is 11.4 Å². The lowest BCUT2D eigenvalue weighted by atomic mass is 10.1. The van der Waals surface area contributed by atoms with Crippen LogP contribution >= 0.6 is 11.6 Å². The maximum absolute atomic E-state index is 12.2. The second-order valence-electron chi connectivity index (χ2n) is 4.95. The van der Waals surface area contributed by atoms with Crippen molar-refractivity contribution in [2.75, 3.05) is 17.7 Å². The predicted molar refractivity (Wildman–Crippen MR) is 91.1 cm³/mol. The molecular weight excluding hydrogens is 316 g/mol. The Morgan fingerprint density at radius 1 is 1.09 bits per heavy atom. The molecule has 0 heterocycles. The fourth-order valence-electron chi connectivity index (χ4n) is 2.07. The third-order valence-corrected chi connectivity index (χ3v) is 3.32. The number of carbonyl (C=O) groups is 2. The van der Waals surface area contributed by atoms with Crippen LogP contribution in [0.5, 0.6) is 5.75 Å². The molecule has 2 N–H and O–H groups in total. The van der Waals surface area contributed by atoms with E-state index >= 15 is 0 Å². The molecule has 0 aliphatic rings. The number of benzene rings is 2. The number of rotatable bonds is 5. The molecule has 0 saturated heterocycles. The zero-order chi connectivity index (χ0) is 16.8. The number of methoxy groups -OCH3 is 1. The molecule has 5 nitrogen and oxygen atoms in total. The van der Waals surface area contributed by atoms with E-state index in [1.165, 1.54) is 14.0 Å². The number of hydrogen-bond acceptors (Lipinski definition) is 3. The van der Waals surface area contributed by atoms with Crippen molar-refractivity contribution in [2.24, 2.45) is 0 Å². The molecule has 6 heteroatoms. The van der Waals surface area contributed by atoms with Crippen molar-refractivity contribution in [3.05, 3.63) is 53.1 Å². The molecule has 0 aliphatic carbocycles. The first-order valence-corrected chi connectivity index (χ1v) is 7.35. The summed E-state index contributed by atoms with van der Waals surface area (Å²) in [5.41, 5.74) is 1.93. The minimum atomic E-state index is -0.189. The molecule has 0 atom stereocenters. The summed E-state index contributed by atoms with van der Waals surface area (Å²) in [5, 5.41) is 6.08. The molecule has 2 amide bonds. The molecule has 23 heavy (non-hydrogen) atoms. The number of carbonyl (C=O) groups excluding carboxylic acids is 2. The third-order valence-electron chi connectivity index (χ3n) is 3.07. The highest BCUT2D eigenvalue weighted by Gasteiger charge is 2.10. The first-order valence-electron chi connectivity index (χ1n) is 6.98. The van der Waals surface area contributed by atoms with Crippen molar-refractivity contribution in [3.8, 4) is 5.75 Å². The standard InChI is InChI=1S/C17H17ClN2O3/c1-11(21)19-14-7-8-16(23-2)15(10-14)20-17(22)9-12-3-5-13(18)6-4-12/h3-8,10H,9H2,1-2H3,(H,19,21)(H,20,22). The van der Waals surface area contributed by atoms with E-state index in [4.69, 9.17) is 16.3 Å². The SMILES string of the molecule is COc1ccc(NC(C)=O)cc1NC(=O)Cc1ccc(Cl)cc1. The molecule has 2 rings (SSSR count). The Labute approximate surface area is 139 Å². The van der Waals surface area contributed by atoms with E-state index in [1.807, 2.05) is 0 Å². The summed E-state index contributed by atoms with van der Waals surface area (Å²) in [4.78, 5) is 23.3. The first kappa shape index (κ1) is 16.8. The Morgan fingerprint density at radius 2 is 1.78 bits per heavy atom. The Morgan fingerprint density at radius 3 is 2.39 bits per heavy atom. The van der Waals surface area contributed by atoms with E-state index in [1.54, 1.807) is 42.5 Å². The monoisotopic (exact) mass is 332 g/mol. The van der Waals surface area contributed by atoms with Gasteiger partial charge in [-0.05, 0) is 35.9 Å². The van der Waals surface area contributed by atoms with Crippen LogP contribution in [-0.4, -0.2) is 18.9 Å². The molecule has 0 spiro atoms. The van der Waals surface area contributed by atoms with Gasteiger partial charge in [0.15, 0.2) is 0 Å². The van der Waals surface area contributed by atoms with E-state index in [-0.39, 0.29) is 18.2 Å². The van der Waals surface area contributed by atoms with Gasteiger partial charge in [-0.1, -0.05) is 23.7 Å². The fourth-order valence-corrected chi connectivity index (χ4v) is 2.19. The second kappa shape index (κ2) is 7.65. The molecule has 2 aromatic rings. The van der Waals surface area contributed by atoms with Gasteiger partial charge in [0.2, 0.25) is 11.8 Å². The lowest BCUT2D eigenvalue weighted by molar-refractivity contribution is -0.116. The van der Waals surface area contributed by atoms with Gasteiger partial charge in [-0.2, -0.15) is 0 Å². The number of anilines is 2. The van der Waals surface area contributed by atoms with Gasteiger partial charge in [0.05, 0.1) is 19.2 Å². The van der Waals surface area contributed by atoms with Gasteiger partial charge in [-0.25, -0.2) is 0 Å². The molecule has 120 valence electrons. The number of amides is 2. The first-order chi connectivity index (χ1) is 11.0. The van der Waals surface area contributed by atoms with Crippen molar-refractivity contribution < 1.29 is 14.3 Å². The molecule has 0 saturated carbocycles. The maximum atomic E-state index is 12.2. The Kier molecular flexibility index (Phi) is 5.60. The predicted octanol–water partition coefficient (Wildman–Crippen LogP) is 3.49. The van der Waals surface area contributed by atoms with Crippen LogP contribution < -0.4 is 15.4 Å². The van der Waals surface area contributed by atoms with Gasteiger partial charge in [-0.3, -0.25) is 9.59 Å². The number of nitrogens with one attached hydrogen (secondary N) is 2. The lowest BCUT2D eigenvalue weighted by Crippen LogP contribution is -2.15. The molecule has 0 aliphatic heterocycles. The minimum absolute atomic E-state index is 0.186. The van der Waals surface area contributed by atoms with Crippen molar-refractivity contribution in [2.45, 2.75) is 13.3 Å². The van der Waals surface area contributed by atoms with E-state index in [0.717, 1.165) is 5.56 Å². The largest absolute Gasteiger partial charge is 0.495 e. The Balaban J connectivity index is 2.12. The highest BCUT2D eigenvalue weighted by atomic mass is 35.5.